The number of carbonyl (C=O) groups is 2. The molecule has 2 aromatic rings. The molecule has 0 aromatic heterocycles. The summed E-state index contributed by atoms with van der Waals surface area (Å²) in [5.74, 6) is 0.451. The molecule has 1 N–H and O–H groups in total. The molecule has 124 valence electrons. The predicted molar refractivity (Wildman–Crippen MR) is 95.2 cm³/mol. The van der Waals surface area contributed by atoms with Crippen molar-refractivity contribution in [3.63, 3.8) is 0 Å². The average molecular weight is 323 g/mol. The predicted octanol–water partition coefficient (Wildman–Crippen LogP) is 3.27. The smallest absolute Gasteiger partial charge is 0.224 e. The monoisotopic (exact) mass is 323 g/mol. The Balaban J connectivity index is 1.93. The number of carbonyl (C=O) groups excluding carboxylic acids is 2. The van der Waals surface area contributed by atoms with Crippen LogP contribution in [0.1, 0.15) is 28.4 Å². The SMILES string of the molecule is COc1ccc(C(C)=O)cc1CC(=O)NCC=Cc1ccccc1. The molecule has 0 heterocycles. The maximum atomic E-state index is 12.1. The van der Waals surface area contributed by atoms with Gasteiger partial charge in [0.05, 0.1) is 13.5 Å². The topological polar surface area (TPSA) is 55.4 Å². The summed E-state index contributed by atoms with van der Waals surface area (Å²) in [4.78, 5) is 23.6. The van der Waals surface area contributed by atoms with Gasteiger partial charge < -0.3 is 10.1 Å². The van der Waals surface area contributed by atoms with E-state index in [2.05, 4.69) is 5.32 Å². The van der Waals surface area contributed by atoms with E-state index in [9.17, 15) is 9.59 Å². The summed E-state index contributed by atoms with van der Waals surface area (Å²) in [5.41, 5.74) is 2.36. The van der Waals surface area contributed by atoms with Crippen molar-refractivity contribution in [1.29, 1.82) is 0 Å². The van der Waals surface area contributed by atoms with Gasteiger partial charge in [0, 0.05) is 17.7 Å². The summed E-state index contributed by atoms with van der Waals surface area (Å²) >= 11 is 0. The molecule has 1 amide bonds. The van der Waals surface area contributed by atoms with Gasteiger partial charge in [-0.2, -0.15) is 0 Å². The Labute approximate surface area is 142 Å². The fourth-order valence-electron chi connectivity index (χ4n) is 2.30. The lowest BCUT2D eigenvalue weighted by atomic mass is 10.0. The number of Topliss-reactive ketones (excluding diaryl/α,β-unsaturated/α-hetero) is 1. The van der Waals surface area contributed by atoms with Gasteiger partial charge in [-0.3, -0.25) is 9.59 Å². The van der Waals surface area contributed by atoms with Crippen LogP contribution in [-0.2, 0) is 11.2 Å². The molecule has 2 aromatic carbocycles. The lowest BCUT2D eigenvalue weighted by Gasteiger charge is -2.09. The number of ketones is 1. The Bertz CT molecular complexity index is 736. The molecule has 0 fully saturated rings. The summed E-state index contributed by atoms with van der Waals surface area (Å²) in [6.45, 7) is 1.95. The van der Waals surface area contributed by atoms with Gasteiger partial charge in [-0.15, -0.1) is 0 Å². The number of rotatable bonds is 7. The van der Waals surface area contributed by atoms with Crippen LogP contribution in [0.2, 0.25) is 0 Å². The molecular weight excluding hydrogens is 302 g/mol. The van der Waals surface area contributed by atoms with Gasteiger partial charge in [0.25, 0.3) is 0 Å². The molecule has 24 heavy (non-hydrogen) atoms. The zero-order valence-electron chi connectivity index (χ0n) is 13.9. The van der Waals surface area contributed by atoms with Crippen molar-refractivity contribution in [2.75, 3.05) is 13.7 Å². The molecule has 0 atom stereocenters. The number of hydrogen-bond acceptors (Lipinski definition) is 3. The minimum atomic E-state index is -0.119. The Morgan fingerprint density at radius 1 is 1.12 bits per heavy atom. The van der Waals surface area contributed by atoms with E-state index < -0.39 is 0 Å². The van der Waals surface area contributed by atoms with Gasteiger partial charge in [0.1, 0.15) is 5.75 Å². The number of ether oxygens (including phenoxy) is 1. The number of amides is 1. The zero-order valence-corrected chi connectivity index (χ0v) is 13.9. The third-order valence-corrected chi connectivity index (χ3v) is 3.56. The second kappa shape index (κ2) is 8.67. The summed E-state index contributed by atoms with van der Waals surface area (Å²) in [5, 5.41) is 2.84. The molecule has 0 bridgehead atoms. The van der Waals surface area contributed by atoms with Crippen LogP contribution in [0, 0.1) is 0 Å². The maximum absolute atomic E-state index is 12.1. The number of nitrogens with one attached hydrogen (secondary N) is 1. The van der Waals surface area contributed by atoms with Crippen molar-refractivity contribution >= 4 is 17.8 Å². The van der Waals surface area contributed by atoms with Crippen LogP contribution >= 0.6 is 0 Å². The summed E-state index contributed by atoms with van der Waals surface area (Å²) in [6, 6.07) is 15.0. The van der Waals surface area contributed by atoms with Crippen LogP contribution in [0.3, 0.4) is 0 Å². The first-order chi connectivity index (χ1) is 11.6. The molecular formula is C20H21NO3. The van der Waals surface area contributed by atoms with E-state index in [0.29, 0.717) is 23.4 Å². The molecule has 0 saturated heterocycles. The summed E-state index contributed by atoms with van der Waals surface area (Å²) < 4.78 is 5.26. The minimum Gasteiger partial charge on any atom is -0.496 e. The van der Waals surface area contributed by atoms with Crippen LogP contribution in [0.25, 0.3) is 6.08 Å². The zero-order chi connectivity index (χ0) is 17.4. The third-order valence-electron chi connectivity index (χ3n) is 3.56. The molecule has 0 spiro atoms. The highest BCUT2D eigenvalue weighted by molar-refractivity contribution is 5.94. The molecule has 0 aliphatic heterocycles. The number of benzene rings is 2. The molecule has 0 radical (unpaired) electrons. The molecule has 0 unspecified atom stereocenters. The van der Waals surface area contributed by atoms with Crippen molar-refractivity contribution < 1.29 is 14.3 Å². The van der Waals surface area contributed by atoms with Crippen LogP contribution in [0.5, 0.6) is 5.75 Å². The molecule has 0 aliphatic carbocycles. The Kier molecular flexibility index (Phi) is 6.32. The van der Waals surface area contributed by atoms with E-state index in [4.69, 9.17) is 4.74 Å². The normalized spacial score (nSPS) is 10.6. The van der Waals surface area contributed by atoms with Crippen molar-refractivity contribution in [2.24, 2.45) is 0 Å². The second-order valence-corrected chi connectivity index (χ2v) is 5.38. The third kappa shape index (κ3) is 5.09. The summed E-state index contributed by atoms with van der Waals surface area (Å²) in [6.07, 6.45) is 4.02. The van der Waals surface area contributed by atoms with E-state index in [1.54, 1.807) is 25.3 Å². The Hall–Kier alpha value is -2.88. The van der Waals surface area contributed by atoms with E-state index in [1.807, 2.05) is 42.5 Å². The van der Waals surface area contributed by atoms with Gasteiger partial charge in [0.15, 0.2) is 5.78 Å². The van der Waals surface area contributed by atoms with E-state index in [0.717, 1.165) is 5.56 Å². The van der Waals surface area contributed by atoms with Gasteiger partial charge >= 0.3 is 0 Å². The highest BCUT2D eigenvalue weighted by Crippen LogP contribution is 2.20. The van der Waals surface area contributed by atoms with Gasteiger partial charge in [0.2, 0.25) is 5.91 Å². The minimum absolute atomic E-state index is 0.0369. The number of methoxy groups -OCH3 is 1. The van der Waals surface area contributed by atoms with Crippen LogP contribution < -0.4 is 10.1 Å². The first-order valence-corrected chi connectivity index (χ1v) is 7.76. The summed E-state index contributed by atoms with van der Waals surface area (Å²) in [7, 11) is 1.55. The average Bonchev–Trinajstić information content (AvgIpc) is 2.59. The van der Waals surface area contributed by atoms with Crippen LogP contribution in [0.15, 0.2) is 54.6 Å². The molecule has 4 heteroatoms. The lowest BCUT2D eigenvalue weighted by molar-refractivity contribution is -0.120. The quantitative estimate of drug-likeness (QED) is 0.796. The van der Waals surface area contributed by atoms with Crippen LogP contribution in [-0.4, -0.2) is 25.3 Å². The largest absolute Gasteiger partial charge is 0.496 e. The fraction of sp³-hybridized carbons (Fsp3) is 0.200. The molecule has 2 rings (SSSR count). The molecule has 0 aliphatic rings. The van der Waals surface area contributed by atoms with Crippen molar-refractivity contribution in [3.05, 3.63) is 71.3 Å². The molecule has 0 saturated carbocycles. The van der Waals surface area contributed by atoms with E-state index in [-0.39, 0.29) is 18.1 Å². The Morgan fingerprint density at radius 3 is 2.54 bits per heavy atom. The van der Waals surface area contributed by atoms with E-state index in [1.165, 1.54) is 6.92 Å². The van der Waals surface area contributed by atoms with Crippen molar-refractivity contribution in [3.8, 4) is 5.75 Å². The van der Waals surface area contributed by atoms with Crippen molar-refractivity contribution in [2.45, 2.75) is 13.3 Å². The first-order valence-electron chi connectivity index (χ1n) is 7.76. The first kappa shape index (κ1) is 17.5. The second-order valence-electron chi connectivity index (χ2n) is 5.38. The number of hydrogen-bond donors (Lipinski definition) is 1. The maximum Gasteiger partial charge on any atom is 0.224 e. The van der Waals surface area contributed by atoms with Gasteiger partial charge in [-0.25, -0.2) is 0 Å². The highest BCUT2D eigenvalue weighted by Gasteiger charge is 2.10. The lowest BCUT2D eigenvalue weighted by Crippen LogP contribution is -2.25. The highest BCUT2D eigenvalue weighted by atomic mass is 16.5. The standard InChI is InChI=1S/C20H21NO3/c1-15(22)17-10-11-19(24-2)18(13-17)14-20(23)21-12-6-9-16-7-4-3-5-8-16/h3-11,13H,12,14H2,1-2H3,(H,21,23). The van der Waals surface area contributed by atoms with Crippen LogP contribution in [0.4, 0.5) is 0 Å². The Morgan fingerprint density at radius 2 is 1.88 bits per heavy atom. The van der Waals surface area contributed by atoms with E-state index >= 15 is 0 Å². The van der Waals surface area contributed by atoms with Gasteiger partial charge in [-0.1, -0.05) is 42.5 Å². The van der Waals surface area contributed by atoms with Crippen molar-refractivity contribution in [1.82, 2.24) is 5.32 Å². The van der Waals surface area contributed by atoms with Gasteiger partial charge in [-0.05, 0) is 30.7 Å². The molecule has 4 nitrogen and oxygen atoms in total. The fourth-order valence-corrected chi connectivity index (χ4v) is 2.30.